The number of aliphatic hydroxyl groups is 2. The maximum Gasteiger partial charge on any atom is 0.141 e. The molecule has 0 saturated carbocycles. The number of hydrogen-bond acceptors (Lipinski definition) is 4. The summed E-state index contributed by atoms with van der Waals surface area (Å²) in [4.78, 5) is 3.97. The Morgan fingerprint density at radius 1 is 1.50 bits per heavy atom. The summed E-state index contributed by atoms with van der Waals surface area (Å²) < 4.78 is 12.7. The van der Waals surface area contributed by atoms with Crippen LogP contribution in [0.25, 0.3) is 0 Å². The third kappa shape index (κ3) is 3.84. The molecular formula is C11H17FN2O2. The number of pyridine rings is 1. The second kappa shape index (κ2) is 6.52. The van der Waals surface area contributed by atoms with Gasteiger partial charge in [0.15, 0.2) is 0 Å². The molecule has 2 unspecified atom stereocenters. The first-order valence-electron chi connectivity index (χ1n) is 5.31. The van der Waals surface area contributed by atoms with Gasteiger partial charge in [-0.3, -0.25) is 4.98 Å². The molecule has 0 fully saturated rings. The Kier molecular flexibility index (Phi) is 5.31. The summed E-state index contributed by atoms with van der Waals surface area (Å²) in [5.41, 5.74) is 0.731. The molecule has 1 aromatic heterocycles. The van der Waals surface area contributed by atoms with E-state index in [0.717, 1.165) is 12.1 Å². The molecule has 0 saturated heterocycles. The zero-order valence-electron chi connectivity index (χ0n) is 9.23. The Labute approximate surface area is 94.1 Å². The van der Waals surface area contributed by atoms with Crippen LogP contribution in [0.4, 0.5) is 4.39 Å². The standard InChI is InChI=1S/C11H17FN2O2/c1-2-10(14-6-9(16)7-15)11-4-3-8(12)5-13-11/h3-5,9-10,14-16H,2,6-7H2,1H3. The van der Waals surface area contributed by atoms with Gasteiger partial charge in [-0.1, -0.05) is 6.92 Å². The molecule has 0 amide bonds. The zero-order valence-corrected chi connectivity index (χ0v) is 9.23. The summed E-state index contributed by atoms with van der Waals surface area (Å²) in [6.07, 6.45) is 1.16. The van der Waals surface area contributed by atoms with E-state index < -0.39 is 6.10 Å². The molecule has 0 aliphatic rings. The molecule has 1 rings (SSSR count). The largest absolute Gasteiger partial charge is 0.394 e. The molecule has 5 heteroatoms. The van der Waals surface area contributed by atoms with Crippen LogP contribution in [0.3, 0.4) is 0 Å². The fraction of sp³-hybridized carbons (Fsp3) is 0.545. The summed E-state index contributed by atoms with van der Waals surface area (Å²) >= 11 is 0. The normalized spacial score (nSPS) is 14.8. The molecule has 1 aromatic rings. The van der Waals surface area contributed by atoms with Crippen molar-refractivity contribution < 1.29 is 14.6 Å². The molecule has 0 aromatic carbocycles. The second-order valence-corrected chi connectivity index (χ2v) is 3.61. The van der Waals surface area contributed by atoms with Crippen molar-refractivity contribution in [2.24, 2.45) is 0 Å². The number of aliphatic hydroxyl groups excluding tert-OH is 2. The Morgan fingerprint density at radius 3 is 2.75 bits per heavy atom. The van der Waals surface area contributed by atoms with Crippen LogP contribution in [0.1, 0.15) is 25.1 Å². The summed E-state index contributed by atoms with van der Waals surface area (Å²) in [5, 5.41) is 20.9. The van der Waals surface area contributed by atoms with E-state index in [9.17, 15) is 9.50 Å². The first-order valence-corrected chi connectivity index (χ1v) is 5.31. The highest BCUT2D eigenvalue weighted by atomic mass is 19.1. The molecule has 16 heavy (non-hydrogen) atoms. The van der Waals surface area contributed by atoms with Gasteiger partial charge in [-0.2, -0.15) is 0 Å². The van der Waals surface area contributed by atoms with Gasteiger partial charge in [-0.25, -0.2) is 4.39 Å². The predicted molar refractivity (Wildman–Crippen MR) is 58.3 cm³/mol. The van der Waals surface area contributed by atoms with Gasteiger partial charge in [0, 0.05) is 12.6 Å². The van der Waals surface area contributed by atoms with Crippen molar-refractivity contribution in [2.45, 2.75) is 25.5 Å². The second-order valence-electron chi connectivity index (χ2n) is 3.61. The van der Waals surface area contributed by atoms with Crippen LogP contribution < -0.4 is 5.32 Å². The molecule has 1 heterocycles. The van der Waals surface area contributed by atoms with Crippen molar-refractivity contribution in [3.05, 3.63) is 29.8 Å². The van der Waals surface area contributed by atoms with Gasteiger partial charge < -0.3 is 15.5 Å². The summed E-state index contributed by atoms with van der Waals surface area (Å²) in [5.74, 6) is -0.367. The van der Waals surface area contributed by atoms with Gasteiger partial charge in [0.25, 0.3) is 0 Å². The van der Waals surface area contributed by atoms with E-state index in [0.29, 0.717) is 0 Å². The average Bonchev–Trinajstić information content (AvgIpc) is 2.31. The zero-order chi connectivity index (χ0) is 12.0. The molecular weight excluding hydrogens is 211 g/mol. The predicted octanol–water partition coefficient (Wildman–Crippen LogP) is 0.615. The van der Waals surface area contributed by atoms with Crippen molar-refractivity contribution in [3.8, 4) is 0 Å². The number of aromatic nitrogens is 1. The lowest BCUT2D eigenvalue weighted by atomic mass is 10.1. The van der Waals surface area contributed by atoms with Crippen molar-refractivity contribution in [1.82, 2.24) is 10.3 Å². The lowest BCUT2D eigenvalue weighted by molar-refractivity contribution is 0.0916. The lowest BCUT2D eigenvalue weighted by Gasteiger charge is -2.18. The summed E-state index contributed by atoms with van der Waals surface area (Å²) in [7, 11) is 0. The molecule has 0 spiro atoms. The van der Waals surface area contributed by atoms with Crippen LogP contribution in [0, 0.1) is 5.82 Å². The highest BCUT2D eigenvalue weighted by molar-refractivity contribution is 5.09. The number of hydrogen-bond donors (Lipinski definition) is 3. The van der Waals surface area contributed by atoms with Crippen LogP contribution in [0.15, 0.2) is 18.3 Å². The van der Waals surface area contributed by atoms with Gasteiger partial charge in [-0.05, 0) is 18.6 Å². The SMILES string of the molecule is CCC(NCC(O)CO)c1ccc(F)cn1. The van der Waals surface area contributed by atoms with Gasteiger partial charge in [-0.15, -0.1) is 0 Å². The van der Waals surface area contributed by atoms with E-state index >= 15 is 0 Å². The number of rotatable bonds is 6. The van der Waals surface area contributed by atoms with E-state index in [1.165, 1.54) is 12.3 Å². The van der Waals surface area contributed by atoms with Gasteiger partial charge in [0.2, 0.25) is 0 Å². The molecule has 2 atom stereocenters. The fourth-order valence-electron chi connectivity index (χ4n) is 1.39. The van der Waals surface area contributed by atoms with E-state index in [1.807, 2.05) is 6.92 Å². The van der Waals surface area contributed by atoms with Crippen molar-refractivity contribution >= 4 is 0 Å². The Hall–Kier alpha value is -1.04. The van der Waals surface area contributed by atoms with Crippen LogP contribution in [0.5, 0.6) is 0 Å². The monoisotopic (exact) mass is 228 g/mol. The van der Waals surface area contributed by atoms with E-state index in [-0.39, 0.29) is 25.0 Å². The first kappa shape index (κ1) is 13.0. The number of halogens is 1. The van der Waals surface area contributed by atoms with Crippen molar-refractivity contribution in [3.63, 3.8) is 0 Å². The van der Waals surface area contributed by atoms with Gasteiger partial charge in [0.05, 0.1) is 24.6 Å². The Bertz CT molecular complexity index is 305. The smallest absolute Gasteiger partial charge is 0.141 e. The molecule has 3 N–H and O–H groups in total. The minimum Gasteiger partial charge on any atom is -0.394 e. The Balaban J connectivity index is 2.57. The highest BCUT2D eigenvalue weighted by Gasteiger charge is 2.12. The van der Waals surface area contributed by atoms with E-state index in [1.54, 1.807) is 6.07 Å². The third-order valence-electron chi connectivity index (χ3n) is 2.33. The number of nitrogens with zero attached hydrogens (tertiary/aromatic N) is 1. The minimum absolute atomic E-state index is 0.0400. The van der Waals surface area contributed by atoms with Crippen LogP contribution >= 0.6 is 0 Å². The lowest BCUT2D eigenvalue weighted by Crippen LogP contribution is -2.32. The van der Waals surface area contributed by atoms with Gasteiger partial charge in [0.1, 0.15) is 5.82 Å². The van der Waals surface area contributed by atoms with Crippen molar-refractivity contribution in [1.29, 1.82) is 0 Å². The fourth-order valence-corrected chi connectivity index (χ4v) is 1.39. The first-order chi connectivity index (χ1) is 7.67. The maximum atomic E-state index is 12.7. The molecule has 0 aliphatic carbocycles. The quantitative estimate of drug-likeness (QED) is 0.667. The molecule has 0 aliphatic heterocycles. The van der Waals surface area contributed by atoms with Gasteiger partial charge >= 0.3 is 0 Å². The summed E-state index contributed by atoms with van der Waals surface area (Å²) in [6, 6.07) is 2.93. The van der Waals surface area contributed by atoms with Crippen molar-refractivity contribution in [2.75, 3.05) is 13.2 Å². The highest BCUT2D eigenvalue weighted by Crippen LogP contribution is 2.13. The minimum atomic E-state index is -0.783. The molecule has 0 bridgehead atoms. The molecule has 0 radical (unpaired) electrons. The van der Waals surface area contributed by atoms with Crippen LogP contribution in [-0.2, 0) is 0 Å². The third-order valence-corrected chi connectivity index (χ3v) is 2.33. The Morgan fingerprint density at radius 2 is 2.25 bits per heavy atom. The number of nitrogens with one attached hydrogen (secondary N) is 1. The summed E-state index contributed by atoms with van der Waals surface area (Å²) in [6.45, 7) is 1.97. The maximum absolute atomic E-state index is 12.7. The topological polar surface area (TPSA) is 65.4 Å². The van der Waals surface area contributed by atoms with E-state index in [4.69, 9.17) is 5.11 Å². The van der Waals surface area contributed by atoms with Crippen LogP contribution in [0.2, 0.25) is 0 Å². The molecule has 90 valence electrons. The van der Waals surface area contributed by atoms with Crippen LogP contribution in [-0.4, -0.2) is 34.5 Å². The average molecular weight is 228 g/mol. The molecule has 4 nitrogen and oxygen atoms in total. The van der Waals surface area contributed by atoms with E-state index in [2.05, 4.69) is 10.3 Å².